The average molecular weight is 338 g/mol. The monoisotopic (exact) mass is 338 g/mol. The van der Waals surface area contributed by atoms with E-state index < -0.39 is 6.10 Å². The lowest BCUT2D eigenvalue weighted by Gasteiger charge is -2.37. The molecule has 4 heteroatoms. The molecule has 0 aliphatic carbocycles. The molecule has 2 heterocycles. The minimum absolute atomic E-state index is 0.434. The molecular formula is C21H26N2O2. The smallest absolute Gasteiger partial charge is 0.122 e. The molecule has 4 nitrogen and oxygen atoms in total. The Morgan fingerprint density at radius 1 is 1.08 bits per heavy atom. The van der Waals surface area contributed by atoms with Crippen LogP contribution in [0.1, 0.15) is 22.8 Å². The number of benzene rings is 2. The Labute approximate surface area is 149 Å². The van der Waals surface area contributed by atoms with E-state index in [1.54, 1.807) is 0 Å². The van der Waals surface area contributed by atoms with Crippen molar-refractivity contribution in [3.63, 3.8) is 0 Å². The SMILES string of the molecule is Cc1cccc(N2CCN(C[C@H](O)c3ccc4c(c3)CCO4)CC2)c1. The van der Waals surface area contributed by atoms with Crippen LogP contribution >= 0.6 is 0 Å². The molecule has 2 aromatic carbocycles. The van der Waals surface area contributed by atoms with Gasteiger partial charge in [0.15, 0.2) is 0 Å². The zero-order valence-corrected chi connectivity index (χ0v) is 14.8. The highest BCUT2D eigenvalue weighted by atomic mass is 16.5. The van der Waals surface area contributed by atoms with E-state index in [-0.39, 0.29) is 0 Å². The predicted molar refractivity (Wildman–Crippen MR) is 100 cm³/mol. The second-order valence-corrected chi connectivity index (χ2v) is 7.11. The van der Waals surface area contributed by atoms with Gasteiger partial charge in [-0.1, -0.05) is 18.2 Å². The van der Waals surface area contributed by atoms with Gasteiger partial charge in [0, 0.05) is 44.8 Å². The van der Waals surface area contributed by atoms with Crippen molar-refractivity contribution in [2.45, 2.75) is 19.4 Å². The van der Waals surface area contributed by atoms with E-state index in [4.69, 9.17) is 4.74 Å². The molecule has 2 aliphatic heterocycles. The van der Waals surface area contributed by atoms with Crippen LogP contribution in [0.5, 0.6) is 5.75 Å². The topological polar surface area (TPSA) is 35.9 Å². The van der Waals surface area contributed by atoms with E-state index in [2.05, 4.69) is 47.1 Å². The van der Waals surface area contributed by atoms with Gasteiger partial charge >= 0.3 is 0 Å². The van der Waals surface area contributed by atoms with Gasteiger partial charge in [0.05, 0.1) is 12.7 Å². The fourth-order valence-corrected chi connectivity index (χ4v) is 3.78. The molecule has 4 rings (SSSR count). The Morgan fingerprint density at radius 2 is 1.92 bits per heavy atom. The largest absolute Gasteiger partial charge is 0.493 e. The summed E-state index contributed by atoms with van der Waals surface area (Å²) in [6.07, 6.45) is 0.516. The van der Waals surface area contributed by atoms with Gasteiger partial charge in [0.1, 0.15) is 5.75 Å². The Morgan fingerprint density at radius 3 is 2.72 bits per heavy atom. The standard InChI is InChI=1S/C21H26N2O2/c1-16-3-2-4-19(13-16)23-10-8-22(9-11-23)15-20(24)17-5-6-21-18(14-17)7-12-25-21/h2-6,13-14,20,24H,7-12,15H2,1H3/t20-/m0/s1. The molecule has 25 heavy (non-hydrogen) atoms. The van der Waals surface area contributed by atoms with Gasteiger partial charge in [-0.25, -0.2) is 0 Å². The van der Waals surface area contributed by atoms with Crippen LogP contribution in [0.15, 0.2) is 42.5 Å². The van der Waals surface area contributed by atoms with Gasteiger partial charge in [-0.15, -0.1) is 0 Å². The molecule has 0 bridgehead atoms. The molecule has 2 aromatic rings. The van der Waals surface area contributed by atoms with E-state index in [1.165, 1.54) is 16.8 Å². The Kier molecular flexibility index (Phi) is 4.64. The molecule has 0 saturated carbocycles. The van der Waals surface area contributed by atoms with Crippen LogP contribution in [-0.2, 0) is 6.42 Å². The highest BCUT2D eigenvalue weighted by Gasteiger charge is 2.21. The van der Waals surface area contributed by atoms with Crippen molar-refractivity contribution < 1.29 is 9.84 Å². The Hall–Kier alpha value is -2.04. The number of piperazine rings is 1. The quantitative estimate of drug-likeness (QED) is 0.930. The highest BCUT2D eigenvalue weighted by molar-refractivity contribution is 5.48. The normalized spacial score (nSPS) is 18.7. The lowest BCUT2D eigenvalue weighted by molar-refractivity contribution is 0.109. The molecule has 0 radical (unpaired) electrons. The average Bonchev–Trinajstić information content (AvgIpc) is 3.10. The second-order valence-electron chi connectivity index (χ2n) is 7.11. The lowest BCUT2D eigenvalue weighted by atomic mass is 10.0. The number of nitrogens with zero attached hydrogens (tertiary/aromatic N) is 2. The maximum Gasteiger partial charge on any atom is 0.122 e. The summed E-state index contributed by atoms with van der Waals surface area (Å²) >= 11 is 0. The van der Waals surface area contributed by atoms with Crippen LogP contribution in [0, 0.1) is 6.92 Å². The van der Waals surface area contributed by atoms with Gasteiger partial charge in [0.25, 0.3) is 0 Å². The van der Waals surface area contributed by atoms with Crippen molar-refractivity contribution in [1.82, 2.24) is 4.90 Å². The molecule has 0 unspecified atom stereocenters. The molecular weight excluding hydrogens is 312 g/mol. The first kappa shape index (κ1) is 16.4. The number of fused-ring (bicyclic) bond motifs is 1. The third kappa shape index (κ3) is 3.65. The van der Waals surface area contributed by atoms with Gasteiger partial charge in [-0.3, -0.25) is 4.90 Å². The molecule has 0 aromatic heterocycles. The fraction of sp³-hybridized carbons (Fsp3) is 0.429. The fourth-order valence-electron chi connectivity index (χ4n) is 3.78. The molecule has 1 atom stereocenters. The third-order valence-electron chi connectivity index (χ3n) is 5.27. The first-order chi connectivity index (χ1) is 12.2. The van der Waals surface area contributed by atoms with Crippen molar-refractivity contribution in [1.29, 1.82) is 0 Å². The molecule has 1 fully saturated rings. The summed E-state index contributed by atoms with van der Waals surface area (Å²) in [4.78, 5) is 4.79. The number of aliphatic hydroxyl groups is 1. The first-order valence-corrected chi connectivity index (χ1v) is 9.17. The van der Waals surface area contributed by atoms with Crippen LogP contribution in [0.2, 0.25) is 0 Å². The van der Waals surface area contributed by atoms with Crippen LogP contribution in [0.25, 0.3) is 0 Å². The first-order valence-electron chi connectivity index (χ1n) is 9.17. The van der Waals surface area contributed by atoms with Gasteiger partial charge < -0.3 is 14.7 Å². The maximum atomic E-state index is 10.6. The highest BCUT2D eigenvalue weighted by Crippen LogP contribution is 2.28. The predicted octanol–water partition coefficient (Wildman–Crippen LogP) is 2.79. The number of hydrogen-bond acceptors (Lipinski definition) is 4. The van der Waals surface area contributed by atoms with E-state index in [9.17, 15) is 5.11 Å². The van der Waals surface area contributed by atoms with Gasteiger partial charge in [0.2, 0.25) is 0 Å². The van der Waals surface area contributed by atoms with E-state index >= 15 is 0 Å². The summed E-state index contributed by atoms with van der Waals surface area (Å²) in [6.45, 7) is 7.58. The van der Waals surface area contributed by atoms with E-state index in [0.29, 0.717) is 6.54 Å². The number of rotatable bonds is 4. The zero-order valence-electron chi connectivity index (χ0n) is 14.8. The van der Waals surface area contributed by atoms with Crippen molar-refractivity contribution in [3.05, 3.63) is 59.2 Å². The van der Waals surface area contributed by atoms with Crippen LogP contribution in [0.3, 0.4) is 0 Å². The third-order valence-corrected chi connectivity index (χ3v) is 5.27. The summed E-state index contributed by atoms with van der Waals surface area (Å²) in [5.74, 6) is 0.975. The molecule has 1 saturated heterocycles. The summed E-state index contributed by atoms with van der Waals surface area (Å²) < 4.78 is 5.55. The Balaban J connectivity index is 1.34. The number of ether oxygens (including phenoxy) is 1. The van der Waals surface area contributed by atoms with Gasteiger partial charge in [-0.2, -0.15) is 0 Å². The summed E-state index contributed by atoms with van der Waals surface area (Å²) in [7, 11) is 0. The molecule has 2 aliphatic rings. The molecule has 1 N–H and O–H groups in total. The number of β-amino-alcohol motifs (C(OH)–C–C–N with tert-alkyl or cyclic N) is 1. The minimum atomic E-state index is -0.434. The minimum Gasteiger partial charge on any atom is -0.493 e. The summed E-state index contributed by atoms with van der Waals surface area (Å²) in [6, 6.07) is 14.8. The van der Waals surface area contributed by atoms with Crippen molar-refractivity contribution in [3.8, 4) is 5.75 Å². The summed E-state index contributed by atoms with van der Waals surface area (Å²) in [5, 5.41) is 10.6. The lowest BCUT2D eigenvalue weighted by Crippen LogP contribution is -2.47. The summed E-state index contributed by atoms with van der Waals surface area (Å²) in [5.41, 5.74) is 4.83. The van der Waals surface area contributed by atoms with E-state index in [0.717, 1.165) is 50.5 Å². The maximum absolute atomic E-state index is 10.6. The molecule has 0 spiro atoms. The Bertz CT molecular complexity index is 738. The van der Waals surface area contributed by atoms with Crippen LogP contribution in [0.4, 0.5) is 5.69 Å². The zero-order chi connectivity index (χ0) is 17.2. The number of anilines is 1. The number of hydrogen-bond donors (Lipinski definition) is 1. The van der Waals surface area contributed by atoms with Crippen LogP contribution in [-0.4, -0.2) is 49.3 Å². The van der Waals surface area contributed by atoms with Crippen molar-refractivity contribution in [2.75, 3.05) is 44.2 Å². The van der Waals surface area contributed by atoms with Crippen molar-refractivity contribution >= 4 is 5.69 Å². The molecule has 132 valence electrons. The van der Waals surface area contributed by atoms with E-state index in [1.807, 2.05) is 12.1 Å². The second kappa shape index (κ2) is 7.06. The van der Waals surface area contributed by atoms with Crippen molar-refractivity contribution in [2.24, 2.45) is 0 Å². The number of aryl methyl sites for hydroxylation is 1. The van der Waals surface area contributed by atoms with Crippen LogP contribution < -0.4 is 9.64 Å². The molecule has 0 amide bonds. The van der Waals surface area contributed by atoms with Gasteiger partial charge in [-0.05, 0) is 47.9 Å². The number of aliphatic hydroxyl groups excluding tert-OH is 1.